The average Bonchev–Trinajstić information content (AvgIpc) is 2.84. The maximum Gasteiger partial charge on any atom is 0.407 e. The Kier molecular flexibility index (Phi) is 6.36. The molecule has 138 valence electrons. The molecule has 0 saturated carbocycles. The summed E-state index contributed by atoms with van der Waals surface area (Å²) in [6.45, 7) is 6.74. The summed E-state index contributed by atoms with van der Waals surface area (Å²) in [7, 11) is 0. The normalized spacial score (nSPS) is 20.4. The molecule has 1 aromatic rings. The van der Waals surface area contributed by atoms with Gasteiger partial charge in [0.05, 0.1) is 19.7 Å². The Balaban J connectivity index is 1.98. The Morgan fingerprint density at radius 3 is 2.76 bits per heavy atom. The molecule has 0 aliphatic carbocycles. The lowest BCUT2D eigenvalue weighted by Gasteiger charge is -2.26. The lowest BCUT2D eigenvalue weighted by molar-refractivity contribution is -0.384. The largest absolute Gasteiger partial charge is 0.444 e. The van der Waals surface area contributed by atoms with E-state index in [2.05, 4.69) is 32.8 Å². The highest BCUT2D eigenvalue weighted by Crippen LogP contribution is 2.38. The van der Waals surface area contributed by atoms with Crippen molar-refractivity contribution in [2.75, 3.05) is 18.0 Å². The molecular formula is C16H21ClIN3O4. The van der Waals surface area contributed by atoms with Gasteiger partial charge in [0.15, 0.2) is 0 Å². The van der Waals surface area contributed by atoms with Gasteiger partial charge in [-0.15, -0.1) is 0 Å². The van der Waals surface area contributed by atoms with E-state index < -0.39 is 16.6 Å². The van der Waals surface area contributed by atoms with E-state index in [1.54, 1.807) is 6.07 Å². The van der Waals surface area contributed by atoms with Crippen molar-refractivity contribution in [3.8, 4) is 0 Å². The van der Waals surface area contributed by atoms with Gasteiger partial charge in [0.1, 0.15) is 5.60 Å². The monoisotopic (exact) mass is 481 g/mol. The van der Waals surface area contributed by atoms with Crippen LogP contribution in [0.4, 0.5) is 16.2 Å². The van der Waals surface area contributed by atoms with Crippen LogP contribution in [0.25, 0.3) is 0 Å². The first kappa shape index (κ1) is 20.0. The minimum absolute atomic E-state index is 0.0268. The van der Waals surface area contributed by atoms with E-state index in [0.717, 1.165) is 18.7 Å². The molecule has 7 nitrogen and oxygen atoms in total. The number of amides is 1. The number of carbonyl (C=O) groups is 1. The first-order chi connectivity index (χ1) is 11.6. The third-order valence-corrected chi connectivity index (χ3v) is 5.78. The van der Waals surface area contributed by atoms with Crippen molar-refractivity contribution in [3.05, 3.63) is 33.3 Å². The highest BCUT2D eigenvalue weighted by molar-refractivity contribution is 14.1. The number of benzene rings is 1. The molecule has 1 fully saturated rings. The van der Waals surface area contributed by atoms with Gasteiger partial charge < -0.3 is 15.0 Å². The van der Waals surface area contributed by atoms with Crippen LogP contribution in [0.15, 0.2) is 18.2 Å². The molecule has 1 aliphatic rings. The van der Waals surface area contributed by atoms with E-state index >= 15 is 0 Å². The van der Waals surface area contributed by atoms with Crippen LogP contribution < -0.4 is 10.2 Å². The van der Waals surface area contributed by atoms with Crippen molar-refractivity contribution in [2.45, 2.75) is 36.8 Å². The molecule has 1 heterocycles. The molecule has 2 atom stereocenters. The number of non-ortho nitro benzene ring substituents is 1. The second-order valence-electron chi connectivity index (χ2n) is 6.89. The van der Waals surface area contributed by atoms with Gasteiger partial charge in [0.25, 0.3) is 5.69 Å². The van der Waals surface area contributed by atoms with Gasteiger partial charge in [0.2, 0.25) is 0 Å². The van der Waals surface area contributed by atoms with Gasteiger partial charge in [-0.05, 0) is 33.3 Å². The SMILES string of the molecule is CC(C)(C)OC(=O)NCC1CCN(c2ccc([N+](=O)[O-])cc2Cl)C1I. The molecule has 0 radical (unpaired) electrons. The van der Waals surface area contributed by atoms with Crippen LogP contribution >= 0.6 is 34.2 Å². The fourth-order valence-corrected chi connectivity index (χ4v) is 4.12. The number of anilines is 1. The van der Waals surface area contributed by atoms with Crippen molar-refractivity contribution >= 4 is 51.7 Å². The van der Waals surface area contributed by atoms with Crippen molar-refractivity contribution in [2.24, 2.45) is 5.92 Å². The molecule has 1 N–H and O–H groups in total. The summed E-state index contributed by atoms with van der Waals surface area (Å²) in [5.74, 6) is 0.236. The number of halogens is 2. The minimum Gasteiger partial charge on any atom is -0.444 e. The third-order valence-electron chi connectivity index (χ3n) is 3.79. The van der Waals surface area contributed by atoms with Crippen molar-refractivity contribution < 1.29 is 14.5 Å². The fraction of sp³-hybridized carbons (Fsp3) is 0.562. The van der Waals surface area contributed by atoms with Gasteiger partial charge in [-0.2, -0.15) is 0 Å². The molecule has 0 spiro atoms. The number of nitro groups is 1. The first-order valence-electron chi connectivity index (χ1n) is 7.90. The first-order valence-corrected chi connectivity index (χ1v) is 9.52. The number of hydrogen-bond acceptors (Lipinski definition) is 5. The number of rotatable bonds is 4. The highest BCUT2D eigenvalue weighted by Gasteiger charge is 2.34. The van der Waals surface area contributed by atoms with Crippen molar-refractivity contribution in [3.63, 3.8) is 0 Å². The van der Waals surface area contributed by atoms with Crippen LogP contribution in [0.1, 0.15) is 27.2 Å². The summed E-state index contributed by atoms with van der Waals surface area (Å²) in [4.78, 5) is 24.3. The Hall–Kier alpha value is -1.29. The van der Waals surface area contributed by atoms with E-state index in [0.29, 0.717) is 11.6 Å². The molecule has 2 unspecified atom stereocenters. The van der Waals surface area contributed by atoms with Crippen molar-refractivity contribution in [1.82, 2.24) is 5.32 Å². The van der Waals surface area contributed by atoms with Gasteiger partial charge >= 0.3 is 6.09 Å². The number of alkyl carbamates (subject to hydrolysis) is 1. The summed E-state index contributed by atoms with van der Waals surface area (Å²) in [5.41, 5.74) is 0.217. The standard InChI is InChI=1S/C16H21ClIN3O4/c1-16(2,3)25-15(22)19-9-10-6-7-20(14(10)18)13-5-4-11(21(23)24)8-12(13)17/h4-5,8,10,14H,6-7,9H2,1-3H3,(H,19,22). The van der Waals surface area contributed by atoms with Crippen LogP contribution in [0.2, 0.25) is 5.02 Å². The second-order valence-corrected chi connectivity index (χ2v) is 8.57. The molecular weight excluding hydrogens is 461 g/mol. The topological polar surface area (TPSA) is 84.7 Å². The zero-order valence-corrected chi connectivity index (χ0v) is 17.2. The van der Waals surface area contributed by atoms with Crippen LogP contribution in [-0.2, 0) is 4.74 Å². The Morgan fingerprint density at radius 1 is 1.52 bits per heavy atom. The van der Waals surface area contributed by atoms with Crippen LogP contribution in [0.5, 0.6) is 0 Å². The smallest absolute Gasteiger partial charge is 0.407 e. The number of nitrogens with zero attached hydrogens (tertiary/aromatic N) is 2. The average molecular weight is 482 g/mol. The molecule has 0 aromatic heterocycles. The highest BCUT2D eigenvalue weighted by atomic mass is 127. The van der Waals surface area contributed by atoms with E-state index in [-0.39, 0.29) is 15.7 Å². The number of nitrogens with one attached hydrogen (secondary N) is 1. The molecule has 1 aromatic carbocycles. The quantitative estimate of drug-likeness (QED) is 0.227. The maximum atomic E-state index is 11.8. The summed E-state index contributed by atoms with van der Waals surface area (Å²) in [6, 6.07) is 4.50. The number of carbonyl (C=O) groups excluding carboxylic acids is 1. The molecule has 2 rings (SSSR count). The fourth-order valence-electron chi connectivity index (χ4n) is 2.64. The number of nitro benzene ring substituents is 1. The van der Waals surface area contributed by atoms with Gasteiger partial charge in [-0.1, -0.05) is 34.2 Å². The van der Waals surface area contributed by atoms with Gasteiger partial charge in [-0.3, -0.25) is 10.1 Å². The number of alkyl halides is 1. The maximum absolute atomic E-state index is 11.8. The molecule has 9 heteroatoms. The second kappa shape index (κ2) is 7.94. The Labute approximate surface area is 165 Å². The molecule has 0 bridgehead atoms. The lowest BCUT2D eigenvalue weighted by atomic mass is 10.1. The number of ether oxygens (including phenoxy) is 1. The van der Waals surface area contributed by atoms with Crippen LogP contribution in [0.3, 0.4) is 0 Å². The number of hydrogen-bond donors (Lipinski definition) is 1. The zero-order chi connectivity index (χ0) is 18.8. The third kappa shape index (κ3) is 5.34. The van der Waals surface area contributed by atoms with E-state index in [9.17, 15) is 14.9 Å². The van der Waals surface area contributed by atoms with E-state index in [1.807, 2.05) is 20.8 Å². The molecule has 25 heavy (non-hydrogen) atoms. The molecule has 1 amide bonds. The predicted molar refractivity (Wildman–Crippen MR) is 106 cm³/mol. The summed E-state index contributed by atoms with van der Waals surface area (Å²) < 4.78 is 5.37. The Morgan fingerprint density at radius 2 is 2.20 bits per heavy atom. The zero-order valence-electron chi connectivity index (χ0n) is 14.3. The summed E-state index contributed by atoms with van der Waals surface area (Å²) >= 11 is 8.54. The van der Waals surface area contributed by atoms with E-state index in [4.69, 9.17) is 16.3 Å². The van der Waals surface area contributed by atoms with Crippen LogP contribution in [-0.4, -0.2) is 33.8 Å². The van der Waals surface area contributed by atoms with Gasteiger partial charge in [-0.25, -0.2) is 4.79 Å². The Bertz CT molecular complexity index is 665. The lowest BCUT2D eigenvalue weighted by Crippen LogP contribution is -2.38. The van der Waals surface area contributed by atoms with E-state index in [1.165, 1.54) is 12.1 Å². The molecule has 1 aliphatic heterocycles. The summed E-state index contributed by atoms with van der Waals surface area (Å²) in [6.07, 6.45) is 0.458. The summed E-state index contributed by atoms with van der Waals surface area (Å²) in [5, 5.41) is 14.0. The minimum atomic E-state index is -0.526. The van der Waals surface area contributed by atoms with Crippen LogP contribution in [0, 0.1) is 16.0 Å². The predicted octanol–water partition coefficient (Wildman–Crippen LogP) is 4.36. The van der Waals surface area contributed by atoms with Gasteiger partial charge in [0, 0.05) is 31.1 Å². The van der Waals surface area contributed by atoms with Crippen molar-refractivity contribution in [1.29, 1.82) is 0 Å². The molecule has 1 saturated heterocycles.